The van der Waals surface area contributed by atoms with Gasteiger partial charge in [0.25, 0.3) is 0 Å². The van der Waals surface area contributed by atoms with Gasteiger partial charge in [-0.3, -0.25) is 0 Å². The van der Waals surface area contributed by atoms with Crippen LogP contribution in [0.4, 0.5) is 0 Å². The van der Waals surface area contributed by atoms with Gasteiger partial charge in [0.1, 0.15) is 6.10 Å². The molecule has 1 N–H and O–H groups in total. The van der Waals surface area contributed by atoms with Gasteiger partial charge in [-0.25, -0.2) is 0 Å². The van der Waals surface area contributed by atoms with E-state index in [4.69, 9.17) is 9.47 Å². The molecule has 0 unspecified atom stereocenters. The third-order valence-electron chi connectivity index (χ3n) is 1.88. The molecule has 0 aromatic rings. The fourth-order valence-electron chi connectivity index (χ4n) is 1.17. The maximum Gasteiger partial charge on any atom is 0.163 e. The average molecular weight is 160 g/mol. The molecule has 1 aliphatic rings. The summed E-state index contributed by atoms with van der Waals surface area (Å²) in [5.74, 6) is -0.513. The van der Waals surface area contributed by atoms with Crippen molar-refractivity contribution < 1.29 is 14.6 Å². The van der Waals surface area contributed by atoms with Crippen molar-refractivity contribution in [3.63, 3.8) is 0 Å². The van der Waals surface area contributed by atoms with Gasteiger partial charge in [0.15, 0.2) is 5.79 Å². The molecule has 1 saturated heterocycles. The molecule has 1 rings (SSSR count). The van der Waals surface area contributed by atoms with Gasteiger partial charge in [0.05, 0.1) is 12.7 Å². The molecule has 0 aliphatic carbocycles. The topological polar surface area (TPSA) is 38.7 Å². The van der Waals surface area contributed by atoms with Crippen molar-refractivity contribution in [2.45, 2.75) is 45.2 Å². The number of ether oxygens (including phenoxy) is 2. The van der Waals surface area contributed by atoms with E-state index in [1.54, 1.807) is 0 Å². The predicted octanol–water partition coefficient (Wildman–Crippen LogP) is 0.909. The van der Waals surface area contributed by atoms with Gasteiger partial charge in [-0.15, -0.1) is 0 Å². The highest BCUT2D eigenvalue weighted by atomic mass is 16.7. The number of rotatable bonds is 2. The second-order valence-electron chi connectivity index (χ2n) is 3.34. The summed E-state index contributed by atoms with van der Waals surface area (Å²) in [5.41, 5.74) is 0. The summed E-state index contributed by atoms with van der Waals surface area (Å²) < 4.78 is 10.7. The molecule has 1 aliphatic heterocycles. The highest BCUT2D eigenvalue weighted by Crippen LogP contribution is 2.24. The molecule has 0 spiro atoms. The van der Waals surface area contributed by atoms with Gasteiger partial charge in [-0.2, -0.15) is 0 Å². The smallest absolute Gasteiger partial charge is 0.163 e. The number of aliphatic hydroxyl groups is 1. The summed E-state index contributed by atoms with van der Waals surface area (Å²) in [6.07, 6.45) is 0.177. The van der Waals surface area contributed by atoms with Gasteiger partial charge in [-0.1, -0.05) is 6.92 Å². The van der Waals surface area contributed by atoms with Crippen LogP contribution in [-0.2, 0) is 9.47 Å². The fourth-order valence-corrected chi connectivity index (χ4v) is 1.17. The molecule has 0 aromatic heterocycles. The summed E-state index contributed by atoms with van der Waals surface area (Å²) in [7, 11) is 0. The van der Waals surface area contributed by atoms with Gasteiger partial charge in [0.2, 0.25) is 0 Å². The summed E-state index contributed by atoms with van der Waals surface area (Å²) in [5, 5.41) is 9.38. The van der Waals surface area contributed by atoms with Crippen molar-refractivity contribution in [3.8, 4) is 0 Å². The minimum atomic E-state index is -0.513. The van der Waals surface area contributed by atoms with E-state index in [2.05, 4.69) is 0 Å². The predicted molar refractivity (Wildman–Crippen MR) is 41.2 cm³/mol. The van der Waals surface area contributed by atoms with Crippen LogP contribution in [0.5, 0.6) is 0 Å². The van der Waals surface area contributed by atoms with Gasteiger partial charge >= 0.3 is 0 Å². The number of hydrogen-bond donors (Lipinski definition) is 1. The van der Waals surface area contributed by atoms with Crippen LogP contribution in [0.2, 0.25) is 0 Å². The van der Waals surface area contributed by atoms with Crippen LogP contribution in [-0.4, -0.2) is 29.7 Å². The zero-order chi connectivity index (χ0) is 8.48. The first-order valence-corrected chi connectivity index (χ1v) is 4.05. The quantitative estimate of drug-likeness (QED) is 0.652. The van der Waals surface area contributed by atoms with Crippen LogP contribution in [0.25, 0.3) is 0 Å². The molecule has 11 heavy (non-hydrogen) atoms. The van der Waals surface area contributed by atoms with Crippen molar-refractivity contribution in [1.82, 2.24) is 0 Å². The summed E-state index contributed by atoms with van der Waals surface area (Å²) in [6, 6.07) is 0. The molecule has 66 valence electrons. The van der Waals surface area contributed by atoms with Crippen LogP contribution in [0.3, 0.4) is 0 Å². The zero-order valence-electron chi connectivity index (χ0n) is 7.33. The summed E-state index contributed by atoms with van der Waals surface area (Å²) in [4.78, 5) is 0. The Morgan fingerprint density at radius 2 is 2.27 bits per heavy atom. The lowest BCUT2D eigenvalue weighted by Gasteiger charge is -2.19. The molecule has 0 aromatic carbocycles. The Labute approximate surface area is 67.3 Å². The first-order chi connectivity index (χ1) is 5.05. The molecule has 1 fully saturated rings. The van der Waals surface area contributed by atoms with E-state index < -0.39 is 11.9 Å². The molecule has 2 atom stereocenters. The van der Waals surface area contributed by atoms with Crippen LogP contribution in [0.1, 0.15) is 27.2 Å². The van der Waals surface area contributed by atoms with E-state index in [9.17, 15) is 5.11 Å². The van der Waals surface area contributed by atoms with E-state index in [1.165, 1.54) is 0 Å². The monoisotopic (exact) mass is 160 g/mol. The maximum absolute atomic E-state index is 9.38. The highest BCUT2D eigenvalue weighted by Gasteiger charge is 2.35. The lowest BCUT2D eigenvalue weighted by molar-refractivity contribution is -0.151. The molecule has 0 radical (unpaired) electrons. The zero-order valence-corrected chi connectivity index (χ0v) is 7.33. The van der Waals surface area contributed by atoms with E-state index in [1.807, 2.05) is 20.8 Å². The SMILES string of the molecule is CC[C@@H](O)[C@@H]1COC(C)(C)O1. The van der Waals surface area contributed by atoms with Crippen molar-refractivity contribution in [2.24, 2.45) is 0 Å². The summed E-state index contributed by atoms with van der Waals surface area (Å²) >= 11 is 0. The van der Waals surface area contributed by atoms with Crippen molar-refractivity contribution in [3.05, 3.63) is 0 Å². The molecule has 3 heteroatoms. The Kier molecular flexibility index (Phi) is 2.52. The molecule has 0 bridgehead atoms. The second-order valence-corrected chi connectivity index (χ2v) is 3.34. The third-order valence-corrected chi connectivity index (χ3v) is 1.88. The molecular weight excluding hydrogens is 144 g/mol. The van der Waals surface area contributed by atoms with Crippen LogP contribution in [0, 0.1) is 0 Å². The Morgan fingerprint density at radius 3 is 2.64 bits per heavy atom. The van der Waals surface area contributed by atoms with E-state index >= 15 is 0 Å². The first kappa shape index (κ1) is 8.97. The number of hydrogen-bond acceptors (Lipinski definition) is 3. The van der Waals surface area contributed by atoms with Crippen LogP contribution >= 0.6 is 0 Å². The lowest BCUT2D eigenvalue weighted by Crippen LogP contribution is -2.29. The maximum atomic E-state index is 9.38. The van der Waals surface area contributed by atoms with Crippen molar-refractivity contribution in [2.75, 3.05) is 6.61 Å². The van der Waals surface area contributed by atoms with Crippen molar-refractivity contribution >= 4 is 0 Å². The van der Waals surface area contributed by atoms with Crippen LogP contribution in [0.15, 0.2) is 0 Å². The number of aliphatic hydroxyl groups excluding tert-OH is 1. The van der Waals surface area contributed by atoms with Gasteiger partial charge < -0.3 is 14.6 Å². The molecule has 0 saturated carbocycles. The average Bonchev–Trinajstić information content (AvgIpc) is 2.29. The highest BCUT2D eigenvalue weighted by molar-refractivity contribution is 4.76. The normalized spacial score (nSPS) is 32.2. The van der Waals surface area contributed by atoms with E-state index in [0.717, 1.165) is 0 Å². The standard InChI is InChI=1S/C8H16O3/c1-4-6(9)7-5-10-8(2,3)11-7/h6-7,9H,4-5H2,1-3H3/t6-,7+/m1/s1. The lowest BCUT2D eigenvalue weighted by atomic mass is 10.2. The minimum Gasteiger partial charge on any atom is -0.390 e. The fraction of sp³-hybridized carbons (Fsp3) is 1.00. The second kappa shape index (κ2) is 3.09. The van der Waals surface area contributed by atoms with Crippen LogP contribution < -0.4 is 0 Å². The van der Waals surface area contributed by atoms with Gasteiger partial charge in [-0.05, 0) is 20.3 Å². The first-order valence-electron chi connectivity index (χ1n) is 4.05. The molecule has 0 amide bonds. The Morgan fingerprint density at radius 1 is 1.64 bits per heavy atom. The third kappa shape index (κ3) is 2.15. The molecule has 3 nitrogen and oxygen atoms in total. The van der Waals surface area contributed by atoms with Gasteiger partial charge in [0, 0.05) is 0 Å². The van der Waals surface area contributed by atoms with Crippen molar-refractivity contribution in [1.29, 1.82) is 0 Å². The summed E-state index contributed by atoms with van der Waals surface area (Å²) in [6.45, 7) is 6.14. The molecular formula is C8H16O3. The minimum absolute atomic E-state index is 0.144. The largest absolute Gasteiger partial charge is 0.390 e. The Bertz CT molecular complexity index is 133. The van der Waals surface area contributed by atoms with E-state index in [0.29, 0.717) is 13.0 Å². The Balaban J connectivity index is 2.41. The molecule has 1 heterocycles. The van der Waals surface area contributed by atoms with E-state index in [-0.39, 0.29) is 6.10 Å². The Hall–Kier alpha value is -0.120.